The summed E-state index contributed by atoms with van der Waals surface area (Å²) in [4.78, 5) is 6.64. The fourth-order valence-corrected chi connectivity index (χ4v) is 2.84. The standard InChI is InChI=1S/C13H22N4O2S/c1-20(18,19)16-9-8-14-12-5-10-17(11-6-12)13-4-2-3-7-15-13/h2-4,7,12,14,16H,5-6,8-11H2,1H3. The Bertz CT molecular complexity index is 498. The first kappa shape index (κ1) is 15.2. The lowest BCUT2D eigenvalue weighted by molar-refractivity contribution is 0.416. The first-order valence-corrected chi connectivity index (χ1v) is 8.78. The zero-order valence-corrected chi connectivity index (χ0v) is 12.6. The molecule has 1 aromatic rings. The molecule has 7 heteroatoms. The van der Waals surface area contributed by atoms with Gasteiger partial charge in [0.25, 0.3) is 0 Å². The molecular weight excluding hydrogens is 276 g/mol. The van der Waals surface area contributed by atoms with Crippen LogP contribution in [0.2, 0.25) is 0 Å². The van der Waals surface area contributed by atoms with Crippen LogP contribution in [0.5, 0.6) is 0 Å². The van der Waals surface area contributed by atoms with Gasteiger partial charge in [-0.2, -0.15) is 0 Å². The molecule has 0 aliphatic carbocycles. The molecule has 0 saturated carbocycles. The third-order valence-electron chi connectivity index (χ3n) is 3.39. The third kappa shape index (κ3) is 5.07. The second-order valence-electron chi connectivity index (χ2n) is 5.07. The minimum atomic E-state index is -3.08. The summed E-state index contributed by atoms with van der Waals surface area (Å²) in [5.41, 5.74) is 0. The number of hydrogen-bond acceptors (Lipinski definition) is 5. The molecule has 0 bridgehead atoms. The molecule has 0 spiro atoms. The van der Waals surface area contributed by atoms with Crippen LogP contribution in [-0.2, 0) is 10.0 Å². The molecule has 1 aliphatic heterocycles. The lowest BCUT2D eigenvalue weighted by atomic mass is 10.1. The first-order valence-electron chi connectivity index (χ1n) is 6.88. The van der Waals surface area contributed by atoms with Crippen LogP contribution in [0.4, 0.5) is 5.82 Å². The maximum Gasteiger partial charge on any atom is 0.208 e. The quantitative estimate of drug-likeness (QED) is 0.733. The summed E-state index contributed by atoms with van der Waals surface area (Å²) >= 11 is 0. The van der Waals surface area contributed by atoms with Gasteiger partial charge >= 0.3 is 0 Å². The van der Waals surface area contributed by atoms with Crippen molar-refractivity contribution in [3.63, 3.8) is 0 Å². The third-order valence-corrected chi connectivity index (χ3v) is 4.12. The zero-order chi connectivity index (χ0) is 14.4. The van der Waals surface area contributed by atoms with Crippen LogP contribution < -0.4 is 14.9 Å². The normalized spacial score (nSPS) is 17.4. The number of pyridine rings is 1. The highest BCUT2D eigenvalue weighted by molar-refractivity contribution is 7.88. The predicted molar refractivity (Wildman–Crippen MR) is 80.3 cm³/mol. The highest BCUT2D eigenvalue weighted by Gasteiger charge is 2.19. The molecule has 1 saturated heterocycles. The molecule has 0 aromatic carbocycles. The van der Waals surface area contributed by atoms with Crippen LogP contribution in [0.25, 0.3) is 0 Å². The van der Waals surface area contributed by atoms with Crippen molar-refractivity contribution in [2.24, 2.45) is 0 Å². The van der Waals surface area contributed by atoms with Crippen molar-refractivity contribution < 1.29 is 8.42 Å². The minimum absolute atomic E-state index is 0.444. The highest BCUT2D eigenvalue weighted by atomic mass is 32.2. The summed E-state index contributed by atoms with van der Waals surface area (Å²) in [5.74, 6) is 1.03. The van der Waals surface area contributed by atoms with E-state index < -0.39 is 10.0 Å². The molecule has 0 atom stereocenters. The SMILES string of the molecule is CS(=O)(=O)NCCNC1CCN(c2ccccn2)CC1. The van der Waals surface area contributed by atoms with Gasteiger partial charge in [-0.1, -0.05) is 6.07 Å². The Balaban J connectivity index is 1.67. The van der Waals surface area contributed by atoms with Crippen molar-refractivity contribution in [3.8, 4) is 0 Å². The smallest absolute Gasteiger partial charge is 0.208 e. The molecule has 112 valence electrons. The van der Waals surface area contributed by atoms with Crippen LogP contribution in [0, 0.1) is 0 Å². The Morgan fingerprint density at radius 1 is 1.30 bits per heavy atom. The number of hydrogen-bond donors (Lipinski definition) is 2. The Morgan fingerprint density at radius 2 is 2.05 bits per heavy atom. The number of anilines is 1. The van der Waals surface area contributed by atoms with E-state index in [1.165, 1.54) is 6.26 Å². The van der Waals surface area contributed by atoms with Gasteiger partial charge in [-0.25, -0.2) is 18.1 Å². The summed E-state index contributed by atoms with van der Waals surface area (Å²) in [5, 5.41) is 3.39. The Kier molecular flexibility index (Phi) is 5.33. The molecule has 2 rings (SSSR count). The van der Waals surface area contributed by atoms with E-state index >= 15 is 0 Å². The number of nitrogens with one attached hydrogen (secondary N) is 2. The second kappa shape index (κ2) is 7.01. The number of sulfonamides is 1. The molecule has 2 N–H and O–H groups in total. The summed E-state index contributed by atoms with van der Waals surface area (Å²) < 4.78 is 24.3. The lowest BCUT2D eigenvalue weighted by Gasteiger charge is -2.33. The number of piperidine rings is 1. The molecule has 1 fully saturated rings. The van der Waals surface area contributed by atoms with Gasteiger partial charge in [0, 0.05) is 38.4 Å². The van der Waals surface area contributed by atoms with Crippen LogP contribution in [0.1, 0.15) is 12.8 Å². The van der Waals surface area contributed by atoms with Gasteiger partial charge in [0.05, 0.1) is 6.26 Å². The summed E-state index contributed by atoms with van der Waals surface area (Å²) in [7, 11) is -3.08. The Labute approximate surface area is 120 Å². The molecule has 0 unspecified atom stereocenters. The number of rotatable bonds is 6. The van der Waals surface area contributed by atoms with Crippen molar-refractivity contribution in [1.29, 1.82) is 0 Å². The van der Waals surface area contributed by atoms with E-state index in [9.17, 15) is 8.42 Å². The fraction of sp³-hybridized carbons (Fsp3) is 0.615. The highest BCUT2D eigenvalue weighted by Crippen LogP contribution is 2.16. The minimum Gasteiger partial charge on any atom is -0.357 e. The maximum atomic E-state index is 10.9. The van der Waals surface area contributed by atoms with Crippen molar-refractivity contribution in [2.75, 3.05) is 37.3 Å². The Hall–Kier alpha value is -1.18. The van der Waals surface area contributed by atoms with Gasteiger partial charge in [0.15, 0.2) is 0 Å². The molecular formula is C13H22N4O2S. The zero-order valence-electron chi connectivity index (χ0n) is 11.7. The van der Waals surface area contributed by atoms with E-state index in [0.717, 1.165) is 31.7 Å². The average molecular weight is 298 g/mol. The number of aromatic nitrogens is 1. The molecule has 1 aliphatic rings. The summed E-state index contributed by atoms with van der Waals surface area (Å²) in [6.45, 7) is 3.07. The van der Waals surface area contributed by atoms with E-state index in [4.69, 9.17) is 0 Å². The van der Waals surface area contributed by atoms with Crippen molar-refractivity contribution in [2.45, 2.75) is 18.9 Å². The average Bonchev–Trinajstić information content (AvgIpc) is 2.44. The van der Waals surface area contributed by atoms with Crippen molar-refractivity contribution in [3.05, 3.63) is 24.4 Å². The predicted octanol–water partition coefficient (Wildman–Crippen LogP) is 0.189. The van der Waals surface area contributed by atoms with Gasteiger partial charge in [-0.05, 0) is 25.0 Å². The van der Waals surface area contributed by atoms with Crippen molar-refractivity contribution in [1.82, 2.24) is 15.0 Å². The van der Waals surface area contributed by atoms with Crippen molar-refractivity contribution >= 4 is 15.8 Å². The van der Waals surface area contributed by atoms with Crippen LogP contribution in [0.3, 0.4) is 0 Å². The van der Waals surface area contributed by atoms with Crippen LogP contribution in [-0.4, -0.2) is 51.9 Å². The molecule has 1 aromatic heterocycles. The van der Waals surface area contributed by atoms with Gasteiger partial charge in [-0.15, -0.1) is 0 Å². The van der Waals surface area contributed by atoms with Gasteiger partial charge < -0.3 is 10.2 Å². The summed E-state index contributed by atoms with van der Waals surface area (Å²) in [6, 6.07) is 6.41. The monoisotopic (exact) mass is 298 g/mol. The Morgan fingerprint density at radius 3 is 2.65 bits per heavy atom. The fourth-order valence-electron chi connectivity index (χ4n) is 2.37. The first-order chi connectivity index (χ1) is 9.54. The molecule has 6 nitrogen and oxygen atoms in total. The maximum absolute atomic E-state index is 10.9. The van der Waals surface area contributed by atoms with E-state index in [-0.39, 0.29) is 0 Å². The molecule has 0 amide bonds. The van der Waals surface area contributed by atoms with E-state index in [1.807, 2.05) is 24.4 Å². The van der Waals surface area contributed by atoms with Gasteiger partial charge in [0.2, 0.25) is 10.0 Å². The molecule has 0 radical (unpaired) electrons. The van der Waals surface area contributed by atoms with Crippen LogP contribution >= 0.6 is 0 Å². The van der Waals surface area contributed by atoms with E-state index in [1.54, 1.807) is 0 Å². The van der Waals surface area contributed by atoms with E-state index in [0.29, 0.717) is 19.1 Å². The van der Waals surface area contributed by atoms with Gasteiger partial charge in [0.1, 0.15) is 5.82 Å². The second-order valence-corrected chi connectivity index (χ2v) is 6.90. The molecule has 2 heterocycles. The number of nitrogens with zero attached hydrogens (tertiary/aromatic N) is 2. The van der Waals surface area contributed by atoms with Gasteiger partial charge in [-0.3, -0.25) is 0 Å². The van der Waals surface area contributed by atoms with Crippen LogP contribution in [0.15, 0.2) is 24.4 Å². The summed E-state index contributed by atoms with van der Waals surface area (Å²) in [6.07, 6.45) is 5.10. The lowest BCUT2D eigenvalue weighted by Crippen LogP contribution is -2.44. The topological polar surface area (TPSA) is 74.3 Å². The molecule has 20 heavy (non-hydrogen) atoms. The largest absolute Gasteiger partial charge is 0.357 e. The van der Waals surface area contributed by atoms with E-state index in [2.05, 4.69) is 19.9 Å².